The van der Waals surface area contributed by atoms with Gasteiger partial charge in [0, 0.05) is 30.8 Å². The number of rotatable bonds is 4. The average molecular weight is 352 g/mol. The Hall–Kier alpha value is -2.51. The molecule has 1 aliphatic carbocycles. The first-order valence-corrected chi connectivity index (χ1v) is 8.06. The molecule has 8 heteroatoms. The van der Waals surface area contributed by atoms with Crippen molar-refractivity contribution in [2.45, 2.75) is 37.6 Å². The van der Waals surface area contributed by atoms with Crippen LogP contribution in [0.2, 0.25) is 0 Å². The number of nitrogens with one attached hydrogen (secondary N) is 1. The van der Waals surface area contributed by atoms with Crippen LogP contribution in [0.25, 0.3) is 0 Å². The van der Waals surface area contributed by atoms with Gasteiger partial charge in [0.25, 0.3) is 0 Å². The smallest absolute Gasteiger partial charge is 0.306 e. The maximum Gasteiger partial charge on any atom is 0.306 e. The molecule has 1 atom stereocenters. The highest BCUT2D eigenvalue weighted by Crippen LogP contribution is 2.36. The molecule has 2 fully saturated rings. The fourth-order valence-electron chi connectivity index (χ4n) is 3.39. The van der Waals surface area contributed by atoms with Crippen LogP contribution < -0.4 is 10.2 Å². The van der Waals surface area contributed by atoms with Crippen molar-refractivity contribution in [1.82, 2.24) is 5.32 Å². The Morgan fingerprint density at radius 3 is 2.36 bits per heavy atom. The van der Waals surface area contributed by atoms with Crippen molar-refractivity contribution >= 4 is 23.5 Å². The molecule has 6 nitrogen and oxygen atoms in total. The number of carboxylic acids is 1. The van der Waals surface area contributed by atoms with Gasteiger partial charge in [-0.05, 0) is 31.4 Å². The number of carbonyl (C=O) groups excluding carboxylic acids is 2. The van der Waals surface area contributed by atoms with Gasteiger partial charge in [0.05, 0.1) is 11.8 Å². The molecule has 25 heavy (non-hydrogen) atoms. The molecule has 0 radical (unpaired) electrons. The van der Waals surface area contributed by atoms with Crippen LogP contribution >= 0.6 is 0 Å². The molecule has 0 spiro atoms. The highest BCUT2D eigenvalue weighted by molar-refractivity contribution is 6.01. The molecule has 1 saturated heterocycles. The number of aliphatic carboxylic acids is 1. The van der Waals surface area contributed by atoms with Gasteiger partial charge in [-0.3, -0.25) is 19.7 Å². The van der Waals surface area contributed by atoms with Gasteiger partial charge in [0.15, 0.2) is 0 Å². The van der Waals surface area contributed by atoms with Crippen LogP contribution in [0.3, 0.4) is 0 Å². The molecule has 3 rings (SSSR count). The van der Waals surface area contributed by atoms with E-state index < -0.39 is 41.3 Å². The lowest BCUT2D eigenvalue weighted by Gasteiger charge is -2.40. The van der Waals surface area contributed by atoms with Crippen molar-refractivity contribution in [2.24, 2.45) is 5.92 Å². The molecule has 2 amide bonds. The van der Waals surface area contributed by atoms with Crippen LogP contribution in [0.1, 0.15) is 37.2 Å². The van der Waals surface area contributed by atoms with Crippen LogP contribution in [0.4, 0.5) is 14.5 Å². The van der Waals surface area contributed by atoms with E-state index in [9.17, 15) is 23.2 Å². The summed E-state index contributed by atoms with van der Waals surface area (Å²) < 4.78 is 29.0. The van der Waals surface area contributed by atoms with Gasteiger partial charge < -0.3 is 10.0 Å². The van der Waals surface area contributed by atoms with E-state index in [0.717, 1.165) is 12.1 Å². The summed E-state index contributed by atoms with van der Waals surface area (Å²) in [5, 5.41) is 11.0. The summed E-state index contributed by atoms with van der Waals surface area (Å²) in [6, 6.07) is 2.20. The quantitative estimate of drug-likeness (QED) is 0.807. The number of imide groups is 1. The van der Waals surface area contributed by atoms with Gasteiger partial charge >= 0.3 is 5.97 Å². The topological polar surface area (TPSA) is 86.7 Å². The standard InChI is InChI=1S/C17H18F2N2O4/c1-21(9-4-8(5-9)17(24)25)10-6-12(18)15(13(19)7-10)11-2-3-14(22)20-16(11)23/h6-9,11H,2-5H2,1H3,(H,24,25)(H,20,22,23)/t8-,9-,11?. The normalized spacial score (nSPS) is 26.0. The van der Waals surface area contributed by atoms with Gasteiger partial charge in [0.2, 0.25) is 11.8 Å². The number of piperidine rings is 1. The van der Waals surface area contributed by atoms with Crippen LogP contribution in [0.5, 0.6) is 0 Å². The highest BCUT2D eigenvalue weighted by Gasteiger charge is 2.38. The molecule has 1 aromatic rings. The van der Waals surface area contributed by atoms with Crippen molar-refractivity contribution in [1.29, 1.82) is 0 Å². The second-order valence-corrected chi connectivity index (χ2v) is 6.60. The maximum absolute atomic E-state index is 14.5. The first-order valence-electron chi connectivity index (χ1n) is 8.06. The van der Waals surface area contributed by atoms with Crippen molar-refractivity contribution in [3.63, 3.8) is 0 Å². The predicted octanol–water partition coefficient (Wildman–Crippen LogP) is 1.78. The largest absolute Gasteiger partial charge is 0.481 e. The molecule has 1 aromatic carbocycles. The van der Waals surface area contributed by atoms with E-state index in [4.69, 9.17) is 5.11 Å². The molecule has 0 bridgehead atoms. The third-order valence-electron chi connectivity index (χ3n) is 5.07. The first-order chi connectivity index (χ1) is 11.8. The number of nitrogens with zero attached hydrogens (tertiary/aromatic N) is 1. The molecule has 2 N–H and O–H groups in total. The number of amides is 2. The van der Waals surface area contributed by atoms with Crippen molar-refractivity contribution in [2.75, 3.05) is 11.9 Å². The Morgan fingerprint density at radius 1 is 1.24 bits per heavy atom. The predicted molar refractivity (Wildman–Crippen MR) is 84.0 cm³/mol. The second-order valence-electron chi connectivity index (χ2n) is 6.60. The van der Waals surface area contributed by atoms with Crippen LogP contribution in [0.15, 0.2) is 12.1 Å². The number of hydrogen-bond acceptors (Lipinski definition) is 4. The molecule has 2 aliphatic rings. The van der Waals surface area contributed by atoms with Gasteiger partial charge in [-0.1, -0.05) is 0 Å². The third kappa shape index (κ3) is 3.20. The zero-order valence-corrected chi connectivity index (χ0v) is 13.6. The summed E-state index contributed by atoms with van der Waals surface area (Å²) >= 11 is 0. The lowest BCUT2D eigenvalue weighted by atomic mass is 9.79. The minimum atomic E-state index is -1.03. The fourth-order valence-corrected chi connectivity index (χ4v) is 3.39. The molecule has 1 heterocycles. The summed E-state index contributed by atoms with van der Waals surface area (Å²) in [7, 11) is 1.66. The van der Waals surface area contributed by atoms with E-state index >= 15 is 0 Å². The Bertz CT molecular complexity index is 723. The summed E-state index contributed by atoms with van der Waals surface area (Å²) in [6.07, 6.45) is 0.945. The second kappa shape index (κ2) is 6.42. The summed E-state index contributed by atoms with van der Waals surface area (Å²) in [5.41, 5.74) is -0.0425. The maximum atomic E-state index is 14.5. The summed E-state index contributed by atoms with van der Waals surface area (Å²) in [6.45, 7) is 0. The summed E-state index contributed by atoms with van der Waals surface area (Å²) in [4.78, 5) is 35.6. The van der Waals surface area contributed by atoms with E-state index in [1.807, 2.05) is 0 Å². The van der Waals surface area contributed by atoms with Crippen molar-refractivity contribution < 1.29 is 28.3 Å². The zero-order chi connectivity index (χ0) is 18.3. The van der Waals surface area contributed by atoms with Gasteiger partial charge in [-0.25, -0.2) is 8.78 Å². The molecular formula is C17H18F2N2O4. The van der Waals surface area contributed by atoms with E-state index in [-0.39, 0.29) is 24.4 Å². The first kappa shape index (κ1) is 17.3. The molecular weight excluding hydrogens is 334 g/mol. The highest BCUT2D eigenvalue weighted by atomic mass is 19.1. The summed E-state index contributed by atoms with van der Waals surface area (Å²) in [5.74, 6) is -5.15. The lowest BCUT2D eigenvalue weighted by molar-refractivity contribution is -0.145. The number of hydrogen-bond donors (Lipinski definition) is 2. The van der Waals surface area contributed by atoms with Crippen molar-refractivity contribution in [3.8, 4) is 0 Å². The average Bonchev–Trinajstić information content (AvgIpc) is 2.46. The fraction of sp³-hybridized carbons (Fsp3) is 0.471. The number of carbonyl (C=O) groups is 3. The number of anilines is 1. The van der Waals surface area contributed by atoms with E-state index in [1.165, 1.54) is 0 Å². The molecule has 1 unspecified atom stereocenters. The lowest BCUT2D eigenvalue weighted by Crippen LogP contribution is -2.45. The Morgan fingerprint density at radius 2 is 1.84 bits per heavy atom. The number of halogens is 2. The van der Waals surface area contributed by atoms with E-state index in [0.29, 0.717) is 18.5 Å². The zero-order valence-electron chi connectivity index (χ0n) is 13.6. The van der Waals surface area contributed by atoms with E-state index in [2.05, 4.69) is 5.32 Å². The Kier molecular flexibility index (Phi) is 4.45. The van der Waals surface area contributed by atoms with Crippen molar-refractivity contribution in [3.05, 3.63) is 29.3 Å². The third-order valence-corrected chi connectivity index (χ3v) is 5.07. The van der Waals surface area contributed by atoms with Gasteiger partial charge in [0.1, 0.15) is 11.6 Å². The van der Waals surface area contributed by atoms with Gasteiger partial charge in [-0.15, -0.1) is 0 Å². The molecule has 0 aromatic heterocycles. The van der Waals surface area contributed by atoms with Crippen LogP contribution in [-0.4, -0.2) is 36.0 Å². The number of carboxylic acid groups (broad SMARTS) is 1. The molecule has 1 saturated carbocycles. The molecule has 1 aliphatic heterocycles. The Labute approximate surface area is 142 Å². The van der Waals surface area contributed by atoms with Crippen LogP contribution in [-0.2, 0) is 14.4 Å². The minimum Gasteiger partial charge on any atom is -0.481 e. The SMILES string of the molecule is CN(c1cc(F)c(C2CCC(=O)NC2=O)c(F)c1)[C@H]1C[C@H](C(=O)O)C1. The van der Waals surface area contributed by atoms with Crippen LogP contribution in [0, 0.1) is 17.6 Å². The monoisotopic (exact) mass is 352 g/mol. The Balaban J connectivity index is 1.80. The van der Waals surface area contributed by atoms with E-state index in [1.54, 1.807) is 11.9 Å². The number of benzene rings is 1. The van der Waals surface area contributed by atoms with Gasteiger partial charge in [-0.2, -0.15) is 0 Å². The minimum absolute atomic E-state index is 0.0373. The molecule has 134 valence electrons.